The fraction of sp³-hybridized carbons (Fsp3) is 0. The molecule has 0 amide bonds. The topological polar surface area (TPSA) is 65.0 Å². The van der Waals surface area contributed by atoms with Gasteiger partial charge >= 0.3 is 0 Å². The van der Waals surface area contributed by atoms with Gasteiger partial charge in [0.2, 0.25) is 0 Å². The molecule has 12 aromatic rings. The van der Waals surface area contributed by atoms with Crippen LogP contribution in [0.4, 0.5) is 0 Å². The number of fused-ring (bicyclic) bond motifs is 10. The molecular formula is C53H31N3O2. The van der Waals surface area contributed by atoms with Gasteiger partial charge in [-0.1, -0.05) is 140 Å². The van der Waals surface area contributed by atoms with Gasteiger partial charge in [0, 0.05) is 60.0 Å². The largest absolute Gasteiger partial charge is 0.456 e. The standard InChI is InChI=1S/C53H31N3O2/c1-3-12-33(13-4-1)43-31-44(56-53(55-43)40-18-11-21-47-49(40)37-16-7-9-19-45(37)57-47)34-24-22-32(23-25-34)36-26-28-42-41(30-36)50-39(52(54-42)35-14-5-2-6-15-35)27-29-48-51(50)38-17-8-10-20-46(38)58-48/h1-31H. The van der Waals surface area contributed by atoms with Gasteiger partial charge in [0.1, 0.15) is 22.3 Å². The molecule has 270 valence electrons. The Bertz CT molecular complexity index is 3550. The van der Waals surface area contributed by atoms with Gasteiger partial charge in [0.15, 0.2) is 5.82 Å². The maximum atomic E-state index is 6.40. The zero-order valence-electron chi connectivity index (χ0n) is 31.1. The second-order valence-corrected chi connectivity index (χ2v) is 14.7. The molecule has 58 heavy (non-hydrogen) atoms. The van der Waals surface area contributed by atoms with Crippen molar-refractivity contribution in [3.8, 4) is 56.3 Å². The lowest BCUT2D eigenvalue weighted by molar-refractivity contribution is 0.668. The summed E-state index contributed by atoms with van der Waals surface area (Å²) in [5.41, 5.74) is 13.3. The molecule has 0 saturated heterocycles. The molecule has 0 fully saturated rings. The number of hydrogen-bond acceptors (Lipinski definition) is 5. The first-order valence-electron chi connectivity index (χ1n) is 19.4. The maximum absolute atomic E-state index is 6.40. The number of nitrogens with zero attached hydrogens (tertiary/aromatic N) is 3. The van der Waals surface area contributed by atoms with E-state index >= 15 is 0 Å². The normalized spacial score (nSPS) is 11.8. The minimum absolute atomic E-state index is 0.652. The van der Waals surface area contributed by atoms with Gasteiger partial charge in [0.25, 0.3) is 0 Å². The molecule has 4 heterocycles. The molecule has 0 bridgehead atoms. The highest BCUT2D eigenvalue weighted by atomic mass is 16.3. The average molecular weight is 742 g/mol. The van der Waals surface area contributed by atoms with E-state index in [9.17, 15) is 0 Å². The summed E-state index contributed by atoms with van der Waals surface area (Å²) in [5, 5.41) is 7.59. The Morgan fingerprint density at radius 1 is 0.310 bits per heavy atom. The quantitative estimate of drug-likeness (QED) is 0.164. The van der Waals surface area contributed by atoms with Crippen LogP contribution >= 0.6 is 0 Å². The van der Waals surface area contributed by atoms with E-state index in [1.165, 1.54) is 0 Å². The van der Waals surface area contributed by atoms with Crippen LogP contribution < -0.4 is 0 Å². The second kappa shape index (κ2) is 12.8. The van der Waals surface area contributed by atoms with Crippen molar-refractivity contribution in [2.75, 3.05) is 0 Å². The highest BCUT2D eigenvalue weighted by Crippen LogP contribution is 2.43. The van der Waals surface area contributed by atoms with Gasteiger partial charge < -0.3 is 8.83 Å². The summed E-state index contributed by atoms with van der Waals surface area (Å²) in [7, 11) is 0. The van der Waals surface area contributed by atoms with Crippen molar-refractivity contribution < 1.29 is 8.83 Å². The monoisotopic (exact) mass is 741 g/mol. The van der Waals surface area contributed by atoms with Crippen LogP contribution in [0.25, 0.3) is 122 Å². The van der Waals surface area contributed by atoms with Crippen LogP contribution in [-0.2, 0) is 0 Å². The molecule has 8 aromatic carbocycles. The summed E-state index contributed by atoms with van der Waals surface area (Å²) in [6.07, 6.45) is 0. The maximum Gasteiger partial charge on any atom is 0.161 e. The first kappa shape index (κ1) is 32.4. The Kier molecular flexibility index (Phi) is 7.16. The summed E-state index contributed by atoms with van der Waals surface area (Å²) in [4.78, 5) is 15.7. The molecule has 0 aliphatic rings. The molecule has 0 atom stereocenters. The van der Waals surface area contributed by atoms with E-state index in [1.807, 2.05) is 66.7 Å². The molecule has 0 unspecified atom stereocenters. The van der Waals surface area contributed by atoms with Crippen LogP contribution in [0.5, 0.6) is 0 Å². The van der Waals surface area contributed by atoms with E-state index in [0.717, 1.165) is 116 Å². The summed E-state index contributed by atoms with van der Waals surface area (Å²) < 4.78 is 12.6. The van der Waals surface area contributed by atoms with Crippen molar-refractivity contribution >= 4 is 65.6 Å². The molecule has 0 N–H and O–H groups in total. The van der Waals surface area contributed by atoms with E-state index in [2.05, 4.69) is 121 Å². The minimum atomic E-state index is 0.652. The Morgan fingerprint density at radius 2 is 0.879 bits per heavy atom. The third kappa shape index (κ3) is 5.14. The average Bonchev–Trinajstić information content (AvgIpc) is 3.88. The van der Waals surface area contributed by atoms with E-state index in [4.69, 9.17) is 23.8 Å². The number of benzene rings is 8. The predicted octanol–water partition coefficient (Wildman–Crippen LogP) is 14.3. The SMILES string of the molecule is c1ccc(-c2cc(-c3ccc(-c4ccc5nc(-c6ccccc6)c6ccc7oc8ccccc8c7c6c5c4)cc3)nc(-c3cccc4oc5ccccc5c34)n2)cc1. The molecule has 0 aliphatic carbocycles. The van der Waals surface area contributed by atoms with Crippen LogP contribution in [0.15, 0.2) is 197 Å². The van der Waals surface area contributed by atoms with E-state index in [-0.39, 0.29) is 0 Å². The fourth-order valence-electron chi connectivity index (χ4n) is 8.57. The third-order valence-corrected chi connectivity index (χ3v) is 11.3. The lowest BCUT2D eigenvalue weighted by atomic mass is 9.94. The molecule has 12 rings (SSSR count). The van der Waals surface area contributed by atoms with E-state index < -0.39 is 0 Å². The van der Waals surface area contributed by atoms with Gasteiger partial charge in [0.05, 0.1) is 22.6 Å². The number of pyridine rings is 1. The molecule has 0 saturated carbocycles. The zero-order chi connectivity index (χ0) is 38.2. The van der Waals surface area contributed by atoms with Crippen molar-refractivity contribution in [1.82, 2.24) is 15.0 Å². The van der Waals surface area contributed by atoms with Crippen molar-refractivity contribution in [2.24, 2.45) is 0 Å². The number of para-hydroxylation sites is 2. The Morgan fingerprint density at radius 3 is 1.60 bits per heavy atom. The Balaban J connectivity index is 1.02. The van der Waals surface area contributed by atoms with Gasteiger partial charge in [-0.15, -0.1) is 0 Å². The van der Waals surface area contributed by atoms with Crippen LogP contribution in [0.2, 0.25) is 0 Å². The molecule has 5 heteroatoms. The number of aromatic nitrogens is 3. The zero-order valence-corrected chi connectivity index (χ0v) is 31.1. The van der Waals surface area contributed by atoms with Crippen LogP contribution in [0.3, 0.4) is 0 Å². The summed E-state index contributed by atoms with van der Waals surface area (Å²) in [5.74, 6) is 0.652. The molecule has 0 spiro atoms. The lowest BCUT2D eigenvalue weighted by Gasteiger charge is -2.13. The first-order valence-corrected chi connectivity index (χ1v) is 19.4. The molecule has 0 radical (unpaired) electrons. The molecule has 4 aromatic heterocycles. The van der Waals surface area contributed by atoms with Gasteiger partial charge in [-0.3, -0.25) is 0 Å². The first-order chi connectivity index (χ1) is 28.7. The molecule has 0 aliphatic heterocycles. The van der Waals surface area contributed by atoms with Gasteiger partial charge in [-0.25, -0.2) is 15.0 Å². The minimum Gasteiger partial charge on any atom is -0.456 e. The van der Waals surface area contributed by atoms with Crippen molar-refractivity contribution in [1.29, 1.82) is 0 Å². The van der Waals surface area contributed by atoms with Crippen molar-refractivity contribution in [3.05, 3.63) is 188 Å². The summed E-state index contributed by atoms with van der Waals surface area (Å²) >= 11 is 0. The highest BCUT2D eigenvalue weighted by molar-refractivity contribution is 6.28. The van der Waals surface area contributed by atoms with Crippen LogP contribution in [0.1, 0.15) is 0 Å². The Labute approximate surface area is 332 Å². The van der Waals surface area contributed by atoms with Crippen LogP contribution in [0, 0.1) is 0 Å². The second-order valence-electron chi connectivity index (χ2n) is 14.7. The summed E-state index contributed by atoms with van der Waals surface area (Å²) in [6, 6.07) is 64.9. The number of furan rings is 2. The number of hydrogen-bond donors (Lipinski definition) is 0. The lowest BCUT2D eigenvalue weighted by Crippen LogP contribution is -1.96. The smallest absolute Gasteiger partial charge is 0.161 e. The highest BCUT2D eigenvalue weighted by Gasteiger charge is 2.19. The van der Waals surface area contributed by atoms with Crippen molar-refractivity contribution in [2.45, 2.75) is 0 Å². The molecule has 5 nitrogen and oxygen atoms in total. The predicted molar refractivity (Wildman–Crippen MR) is 237 cm³/mol. The van der Waals surface area contributed by atoms with Gasteiger partial charge in [-0.05, 0) is 59.7 Å². The van der Waals surface area contributed by atoms with E-state index in [1.54, 1.807) is 0 Å². The fourth-order valence-corrected chi connectivity index (χ4v) is 8.57. The number of rotatable bonds is 5. The van der Waals surface area contributed by atoms with E-state index in [0.29, 0.717) is 5.82 Å². The van der Waals surface area contributed by atoms with Crippen LogP contribution in [-0.4, -0.2) is 15.0 Å². The molecular weight excluding hydrogens is 711 g/mol. The summed E-state index contributed by atoms with van der Waals surface area (Å²) in [6.45, 7) is 0. The third-order valence-electron chi connectivity index (χ3n) is 11.3. The van der Waals surface area contributed by atoms with Gasteiger partial charge in [-0.2, -0.15) is 0 Å². The van der Waals surface area contributed by atoms with Crippen molar-refractivity contribution in [3.63, 3.8) is 0 Å². The Hall–Kier alpha value is -7.89.